The van der Waals surface area contributed by atoms with Gasteiger partial charge in [0.1, 0.15) is 5.70 Å². The van der Waals surface area contributed by atoms with Crippen molar-refractivity contribution in [2.24, 2.45) is 4.99 Å². The normalized spacial score (nSPS) is 19.9. The molecule has 1 unspecified atom stereocenters. The zero-order valence-electron chi connectivity index (χ0n) is 8.43. The van der Waals surface area contributed by atoms with Crippen molar-refractivity contribution in [3.63, 3.8) is 0 Å². The molecule has 0 radical (unpaired) electrons. The molecule has 0 aromatic heterocycles. The number of halogens is 3. The summed E-state index contributed by atoms with van der Waals surface area (Å²) in [5.74, 6) is -1.20. The van der Waals surface area contributed by atoms with Gasteiger partial charge in [0, 0.05) is 6.21 Å². The van der Waals surface area contributed by atoms with E-state index in [1.165, 1.54) is 0 Å². The second-order valence-electron chi connectivity index (χ2n) is 2.90. The molecule has 0 bridgehead atoms. The van der Waals surface area contributed by atoms with E-state index in [0.717, 1.165) is 7.11 Å². The van der Waals surface area contributed by atoms with Crippen LogP contribution in [-0.4, -0.2) is 47.7 Å². The van der Waals surface area contributed by atoms with E-state index in [-0.39, 0.29) is 4.90 Å². The summed E-state index contributed by atoms with van der Waals surface area (Å²) in [6.07, 6.45) is -7.55. The fourth-order valence-corrected chi connectivity index (χ4v) is 1.18. The van der Waals surface area contributed by atoms with Crippen molar-refractivity contribution in [1.29, 1.82) is 0 Å². The van der Waals surface area contributed by atoms with Gasteiger partial charge in [0.15, 0.2) is 0 Å². The number of carboxylic acid groups (broad SMARTS) is 1. The molecule has 1 N–H and O–H groups in total. The third kappa shape index (κ3) is 2.55. The lowest BCUT2D eigenvalue weighted by Crippen LogP contribution is -2.48. The van der Waals surface area contributed by atoms with Gasteiger partial charge in [-0.1, -0.05) is 0 Å². The average Bonchev–Trinajstić information content (AvgIpc) is 2.25. The van der Waals surface area contributed by atoms with E-state index in [2.05, 4.69) is 9.73 Å². The molecule has 0 aromatic rings. The first-order valence-corrected chi connectivity index (χ1v) is 4.19. The number of carbonyl (C=O) groups excluding carboxylic acids is 1. The SMILES string of the molecule is COC(=O)C1N=CC=C(C(F)(F)F)N1C(=O)O. The molecule has 94 valence electrons. The van der Waals surface area contributed by atoms with E-state index in [0.29, 0.717) is 12.3 Å². The molecular weight excluding hydrogens is 245 g/mol. The van der Waals surface area contributed by atoms with Crippen LogP contribution in [0.3, 0.4) is 0 Å². The Balaban J connectivity index is 3.16. The predicted molar refractivity (Wildman–Crippen MR) is 48.3 cm³/mol. The van der Waals surface area contributed by atoms with Gasteiger partial charge in [-0.2, -0.15) is 13.2 Å². The number of carbonyl (C=O) groups is 2. The number of amides is 1. The van der Waals surface area contributed by atoms with Crippen molar-refractivity contribution in [3.05, 3.63) is 11.8 Å². The number of allylic oxidation sites excluding steroid dienone is 2. The van der Waals surface area contributed by atoms with Gasteiger partial charge in [-0.3, -0.25) is 4.99 Å². The minimum atomic E-state index is -4.91. The highest BCUT2D eigenvalue weighted by molar-refractivity contribution is 5.87. The number of alkyl halides is 3. The maximum absolute atomic E-state index is 12.5. The molecule has 0 saturated heterocycles. The Hall–Kier alpha value is -2.06. The quantitative estimate of drug-likeness (QED) is 0.706. The monoisotopic (exact) mass is 252 g/mol. The number of hydrogen-bond donors (Lipinski definition) is 1. The highest BCUT2D eigenvalue weighted by Gasteiger charge is 2.46. The number of aliphatic imine (C=N–C) groups is 1. The maximum atomic E-state index is 12.5. The van der Waals surface area contributed by atoms with E-state index in [4.69, 9.17) is 5.11 Å². The molecule has 0 aliphatic carbocycles. The number of hydrogen-bond acceptors (Lipinski definition) is 4. The van der Waals surface area contributed by atoms with Gasteiger partial charge >= 0.3 is 18.2 Å². The van der Waals surface area contributed by atoms with E-state index >= 15 is 0 Å². The van der Waals surface area contributed by atoms with Gasteiger partial charge in [-0.15, -0.1) is 0 Å². The third-order valence-corrected chi connectivity index (χ3v) is 1.87. The second-order valence-corrected chi connectivity index (χ2v) is 2.90. The summed E-state index contributed by atoms with van der Waals surface area (Å²) >= 11 is 0. The lowest BCUT2D eigenvalue weighted by Gasteiger charge is -2.29. The number of rotatable bonds is 1. The Morgan fingerprint density at radius 3 is 2.53 bits per heavy atom. The van der Waals surface area contributed by atoms with Gasteiger partial charge in [-0.25, -0.2) is 14.5 Å². The Morgan fingerprint density at radius 2 is 2.12 bits per heavy atom. The first-order valence-electron chi connectivity index (χ1n) is 4.19. The second kappa shape index (κ2) is 4.44. The van der Waals surface area contributed by atoms with Gasteiger partial charge in [0.2, 0.25) is 6.17 Å². The van der Waals surface area contributed by atoms with Crippen molar-refractivity contribution in [1.82, 2.24) is 4.90 Å². The van der Waals surface area contributed by atoms with E-state index in [1.54, 1.807) is 0 Å². The van der Waals surface area contributed by atoms with Crippen LogP contribution < -0.4 is 0 Å². The Morgan fingerprint density at radius 1 is 1.53 bits per heavy atom. The van der Waals surface area contributed by atoms with E-state index in [1.807, 2.05) is 0 Å². The van der Waals surface area contributed by atoms with Crippen LogP contribution in [0.25, 0.3) is 0 Å². The van der Waals surface area contributed by atoms with Crippen LogP contribution in [0.1, 0.15) is 0 Å². The number of ether oxygens (including phenoxy) is 1. The molecule has 0 spiro atoms. The first kappa shape index (κ1) is 13.0. The van der Waals surface area contributed by atoms with Crippen LogP contribution >= 0.6 is 0 Å². The van der Waals surface area contributed by atoms with Crippen molar-refractivity contribution in [3.8, 4) is 0 Å². The Bertz CT molecular complexity index is 402. The molecule has 17 heavy (non-hydrogen) atoms. The van der Waals surface area contributed by atoms with Crippen molar-refractivity contribution in [2.75, 3.05) is 7.11 Å². The average molecular weight is 252 g/mol. The van der Waals surface area contributed by atoms with Crippen LogP contribution in [0.2, 0.25) is 0 Å². The predicted octanol–water partition coefficient (Wildman–Crippen LogP) is 0.996. The van der Waals surface area contributed by atoms with E-state index in [9.17, 15) is 22.8 Å². The van der Waals surface area contributed by atoms with Crippen LogP contribution in [-0.2, 0) is 9.53 Å². The standard InChI is InChI=1S/C8H7F3N2O4/c1-17-6(14)5-12-3-2-4(8(9,10)11)13(5)7(15)16/h2-3,5H,1H3,(H,15,16). The molecule has 1 heterocycles. The summed E-state index contributed by atoms with van der Waals surface area (Å²) in [5, 5.41) is 8.69. The van der Waals surface area contributed by atoms with Crippen LogP contribution in [0.5, 0.6) is 0 Å². The molecule has 6 nitrogen and oxygen atoms in total. The number of nitrogens with zero attached hydrogens (tertiary/aromatic N) is 2. The number of esters is 1. The highest BCUT2D eigenvalue weighted by Crippen LogP contribution is 2.31. The molecule has 1 rings (SSSR count). The highest BCUT2D eigenvalue weighted by atomic mass is 19.4. The minimum Gasteiger partial charge on any atom is -0.466 e. The minimum absolute atomic E-state index is 0.189. The molecule has 9 heteroatoms. The Kier molecular flexibility index (Phi) is 3.39. The molecular formula is C8H7F3N2O4. The first-order chi connectivity index (χ1) is 7.79. The van der Waals surface area contributed by atoms with Crippen molar-refractivity contribution in [2.45, 2.75) is 12.3 Å². The molecule has 1 aliphatic rings. The van der Waals surface area contributed by atoms with Crippen molar-refractivity contribution < 1.29 is 32.6 Å². The molecule has 1 aliphatic heterocycles. The molecule has 0 saturated carbocycles. The smallest absolute Gasteiger partial charge is 0.431 e. The van der Waals surface area contributed by atoms with Crippen LogP contribution in [0.4, 0.5) is 18.0 Å². The van der Waals surface area contributed by atoms with Crippen molar-refractivity contribution >= 4 is 18.3 Å². The van der Waals surface area contributed by atoms with Gasteiger partial charge < -0.3 is 9.84 Å². The van der Waals surface area contributed by atoms with Crippen LogP contribution in [0.15, 0.2) is 16.8 Å². The summed E-state index contributed by atoms with van der Waals surface area (Å²) in [6, 6.07) is 0. The van der Waals surface area contributed by atoms with Gasteiger partial charge in [-0.05, 0) is 6.08 Å². The third-order valence-electron chi connectivity index (χ3n) is 1.87. The number of methoxy groups -OCH3 is 1. The van der Waals surface area contributed by atoms with Crippen LogP contribution in [0, 0.1) is 0 Å². The lowest BCUT2D eigenvalue weighted by atomic mass is 10.2. The molecule has 0 fully saturated rings. The summed E-state index contributed by atoms with van der Waals surface area (Å²) in [5.41, 5.74) is -1.49. The van der Waals surface area contributed by atoms with Gasteiger partial charge in [0.25, 0.3) is 0 Å². The molecule has 1 atom stereocenters. The maximum Gasteiger partial charge on any atom is 0.431 e. The lowest BCUT2D eigenvalue weighted by molar-refractivity contribution is -0.148. The zero-order valence-corrected chi connectivity index (χ0v) is 8.43. The summed E-state index contributed by atoms with van der Waals surface area (Å²) in [7, 11) is 0.920. The van der Waals surface area contributed by atoms with E-state index < -0.39 is 30.1 Å². The zero-order chi connectivity index (χ0) is 13.2. The summed E-state index contributed by atoms with van der Waals surface area (Å²) in [4.78, 5) is 25.0. The van der Waals surface area contributed by atoms with Gasteiger partial charge in [0.05, 0.1) is 7.11 Å². The summed E-state index contributed by atoms with van der Waals surface area (Å²) < 4.78 is 41.7. The Labute approximate surface area is 93.0 Å². The summed E-state index contributed by atoms with van der Waals surface area (Å²) in [6.45, 7) is 0. The molecule has 0 aromatic carbocycles. The largest absolute Gasteiger partial charge is 0.466 e. The topological polar surface area (TPSA) is 79.2 Å². The molecule has 1 amide bonds. The fourth-order valence-electron chi connectivity index (χ4n) is 1.18. The fraction of sp³-hybridized carbons (Fsp3) is 0.375.